The quantitative estimate of drug-likeness (QED) is 0.751. The van der Waals surface area contributed by atoms with Gasteiger partial charge in [-0.25, -0.2) is 14.1 Å². The van der Waals surface area contributed by atoms with E-state index < -0.39 is 29.6 Å². The molecule has 9 heteroatoms. The summed E-state index contributed by atoms with van der Waals surface area (Å²) in [4.78, 5) is 38.7. The number of carbonyl (C=O) groups excluding carboxylic acids is 3. The van der Waals surface area contributed by atoms with E-state index in [2.05, 4.69) is 10.6 Å². The fourth-order valence-corrected chi connectivity index (χ4v) is 2.92. The van der Waals surface area contributed by atoms with Crippen LogP contribution in [0.25, 0.3) is 0 Å². The fourth-order valence-electron chi connectivity index (χ4n) is 2.92. The van der Waals surface area contributed by atoms with Crippen molar-refractivity contribution in [3.05, 3.63) is 47.8 Å². The molecule has 1 aliphatic heterocycles. The van der Waals surface area contributed by atoms with E-state index in [1.54, 1.807) is 13.0 Å². The van der Waals surface area contributed by atoms with Crippen molar-refractivity contribution in [2.75, 3.05) is 31.0 Å². The van der Waals surface area contributed by atoms with Crippen molar-refractivity contribution < 1.29 is 28.2 Å². The number of nitrogens with zero attached hydrogens (tertiary/aromatic N) is 1. The van der Waals surface area contributed by atoms with Crippen LogP contribution in [0.3, 0.4) is 0 Å². The zero-order valence-electron chi connectivity index (χ0n) is 16.1. The number of aryl methyl sites for hydroxylation is 1. The standard InChI is InChI=1S/C20H20FN3O5/c1-11-4-5-12(8-15(11)21)23-18(25)14-10-22-20(27)24(19(14)26)13-6-7-16(28-2)17(9-13)29-3/h4-9,14H,10H2,1-3H3,(H,22,27)(H,23,25). The lowest BCUT2D eigenvalue weighted by molar-refractivity contribution is -0.130. The first-order valence-electron chi connectivity index (χ1n) is 8.76. The van der Waals surface area contributed by atoms with Gasteiger partial charge in [0.25, 0.3) is 0 Å². The first-order valence-corrected chi connectivity index (χ1v) is 8.76. The van der Waals surface area contributed by atoms with Crippen LogP contribution < -0.4 is 25.0 Å². The van der Waals surface area contributed by atoms with Crippen LogP contribution in [0.2, 0.25) is 0 Å². The summed E-state index contributed by atoms with van der Waals surface area (Å²) in [6.07, 6.45) is 0. The van der Waals surface area contributed by atoms with E-state index in [0.29, 0.717) is 17.1 Å². The average Bonchev–Trinajstić information content (AvgIpc) is 2.70. The lowest BCUT2D eigenvalue weighted by Gasteiger charge is -2.31. The topological polar surface area (TPSA) is 97.0 Å². The van der Waals surface area contributed by atoms with Crippen molar-refractivity contribution >= 4 is 29.2 Å². The Bertz CT molecular complexity index is 979. The Morgan fingerprint density at radius 2 is 1.86 bits per heavy atom. The number of halogens is 1. The summed E-state index contributed by atoms with van der Waals surface area (Å²) in [5.41, 5.74) is 0.883. The number of carbonyl (C=O) groups is 3. The van der Waals surface area contributed by atoms with Crippen LogP contribution in [-0.2, 0) is 9.59 Å². The van der Waals surface area contributed by atoms with Gasteiger partial charge < -0.3 is 20.1 Å². The molecule has 0 saturated carbocycles. The maximum absolute atomic E-state index is 13.7. The molecule has 2 aromatic carbocycles. The zero-order chi connectivity index (χ0) is 21.1. The van der Waals surface area contributed by atoms with Gasteiger partial charge in [0.1, 0.15) is 11.7 Å². The van der Waals surface area contributed by atoms with Crippen molar-refractivity contribution in [3.8, 4) is 11.5 Å². The van der Waals surface area contributed by atoms with Crippen molar-refractivity contribution in [2.24, 2.45) is 5.92 Å². The number of amides is 4. The molecule has 8 nitrogen and oxygen atoms in total. The van der Waals surface area contributed by atoms with Crippen LogP contribution in [0.5, 0.6) is 11.5 Å². The number of imide groups is 1. The molecule has 2 aromatic rings. The molecule has 1 aliphatic rings. The predicted octanol–water partition coefficient (Wildman–Crippen LogP) is 2.46. The van der Waals surface area contributed by atoms with E-state index in [-0.39, 0.29) is 17.9 Å². The van der Waals surface area contributed by atoms with E-state index in [1.807, 2.05) is 0 Å². The van der Waals surface area contributed by atoms with E-state index >= 15 is 0 Å². The molecule has 1 heterocycles. The van der Waals surface area contributed by atoms with Gasteiger partial charge in [-0.2, -0.15) is 0 Å². The molecule has 1 saturated heterocycles. The second-order valence-electron chi connectivity index (χ2n) is 6.40. The van der Waals surface area contributed by atoms with Crippen LogP contribution in [0.1, 0.15) is 5.56 Å². The molecule has 0 spiro atoms. The monoisotopic (exact) mass is 401 g/mol. The molecule has 29 heavy (non-hydrogen) atoms. The molecule has 2 N–H and O–H groups in total. The smallest absolute Gasteiger partial charge is 0.328 e. The van der Waals surface area contributed by atoms with Crippen molar-refractivity contribution in [1.82, 2.24) is 5.32 Å². The van der Waals surface area contributed by atoms with Crippen LogP contribution >= 0.6 is 0 Å². The summed E-state index contributed by atoms with van der Waals surface area (Å²) in [7, 11) is 2.89. The molecule has 1 fully saturated rings. The molecule has 4 amide bonds. The van der Waals surface area contributed by atoms with Gasteiger partial charge in [0.05, 0.1) is 19.9 Å². The fraction of sp³-hybridized carbons (Fsp3) is 0.250. The summed E-state index contributed by atoms with van der Waals surface area (Å²) in [6, 6.07) is 8.09. The summed E-state index contributed by atoms with van der Waals surface area (Å²) >= 11 is 0. The number of anilines is 2. The number of hydrogen-bond acceptors (Lipinski definition) is 5. The highest BCUT2D eigenvalue weighted by Crippen LogP contribution is 2.32. The largest absolute Gasteiger partial charge is 0.493 e. The lowest BCUT2D eigenvalue weighted by atomic mass is 10.0. The molecular formula is C20H20FN3O5. The molecule has 0 radical (unpaired) electrons. The highest BCUT2D eigenvalue weighted by molar-refractivity contribution is 6.23. The Hall–Kier alpha value is -3.62. The van der Waals surface area contributed by atoms with E-state index in [9.17, 15) is 18.8 Å². The van der Waals surface area contributed by atoms with E-state index in [1.165, 1.54) is 44.6 Å². The molecule has 152 valence electrons. The Morgan fingerprint density at radius 1 is 1.14 bits per heavy atom. The first-order chi connectivity index (χ1) is 13.8. The third-order valence-electron chi connectivity index (χ3n) is 4.56. The number of hydrogen-bond donors (Lipinski definition) is 2. The molecule has 1 unspecified atom stereocenters. The first kappa shape index (κ1) is 20.1. The van der Waals surface area contributed by atoms with Crippen LogP contribution in [0.15, 0.2) is 36.4 Å². The van der Waals surface area contributed by atoms with E-state index in [4.69, 9.17) is 9.47 Å². The van der Waals surface area contributed by atoms with Gasteiger partial charge in [0.2, 0.25) is 11.8 Å². The Kier molecular flexibility index (Phi) is 5.67. The molecular weight excluding hydrogens is 381 g/mol. The highest BCUT2D eigenvalue weighted by Gasteiger charge is 2.39. The van der Waals surface area contributed by atoms with Gasteiger partial charge in [-0.05, 0) is 36.8 Å². The number of nitrogens with one attached hydrogen (secondary N) is 2. The van der Waals surface area contributed by atoms with Gasteiger partial charge in [0.15, 0.2) is 11.5 Å². The van der Waals surface area contributed by atoms with Crippen LogP contribution in [0.4, 0.5) is 20.6 Å². The average molecular weight is 401 g/mol. The third kappa shape index (κ3) is 3.98. The molecule has 3 rings (SSSR count). The highest BCUT2D eigenvalue weighted by atomic mass is 19.1. The molecule has 0 aromatic heterocycles. The van der Waals surface area contributed by atoms with Gasteiger partial charge in [-0.3, -0.25) is 9.59 Å². The summed E-state index contributed by atoms with van der Waals surface area (Å²) < 4.78 is 24.1. The van der Waals surface area contributed by atoms with Gasteiger partial charge in [-0.15, -0.1) is 0 Å². The van der Waals surface area contributed by atoms with Crippen molar-refractivity contribution in [3.63, 3.8) is 0 Å². The Labute approximate surface area is 166 Å². The molecule has 0 bridgehead atoms. The van der Waals surface area contributed by atoms with E-state index in [0.717, 1.165) is 4.90 Å². The maximum atomic E-state index is 13.7. The van der Waals surface area contributed by atoms with Crippen LogP contribution in [0, 0.1) is 18.7 Å². The number of urea groups is 1. The molecule has 1 atom stereocenters. The summed E-state index contributed by atoms with van der Waals surface area (Å²) in [5.74, 6) is -2.25. The Morgan fingerprint density at radius 3 is 2.52 bits per heavy atom. The second kappa shape index (κ2) is 8.17. The number of methoxy groups -OCH3 is 2. The van der Waals surface area contributed by atoms with Gasteiger partial charge in [0, 0.05) is 18.3 Å². The summed E-state index contributed by atoms with van der Waals surface area (Å²) in [6.45, 7) is 1.43. The number of rotatable bonds is 5. The predicted molar refractivity (Wildman–Crippen MR) is 104 cm³/mol. The SMILES string of the molecule is COc1ccc(N2C(=O)NCC(C(=O)Nc3ccc(C)c(F)c3)C2=O)cc1OC. The van der Waals surface area contributed by atoms with Gasteiger partial charge >= 0.3 is 6.03 Å². The normalized spacial score (nSPS) is 16.3. The van der Waals surface area contributed by atoms with Crippen LogP contribution in [-0.4, -0.2) is 38.6 Å². The minimum atomic E-state index is -1.18. The number of ether oxygens (including phenoxy) is 2. The minimum Gasteiger partial charge on any atom is -0.493 e. The maximum Gasteiger partial charge on any atom is 0.328 e. The Balaban J connectivity index is 1.84. The minimum absolute atomic E-state index is 0.165. The van der Waals surface area contributed by atoms with Gasteiger partial charge in [-0.1, -0.05) is 6.07 Å². The zero-order valence-corrected chi connectivity index (χ0v) is 16.1. The lowest BCUT2D eigenvalue weighted by Crippen LogP contribution is -2.58. The number of benzene rings is 2. The summed E-state index contributed by atoms with van der Waals surface area (Å²) in [5, 5.41) is 5.04. The second-order valence-corrected chi connectivity index (χ2v) is 6.40. The van der Waals surface area contributed by atoms with Crippen molar-refractivity contribution in [1.29, 1.82) is 0 Å². The third-order valence-corrected chi connectivity index (χ3v) is 4.56. The molecule has 0 aliphatic carbocycles. The van der Waals surface area contributed by atoms with Crippen molar-refractivity contribution in [2.45, 2.75) is 6.92 Å².